The number of nitrogens with two attached hydrogens (primary N) is 1. The molecule has 0 aromatic carbocycles. The van der Waals surface area contributed by atoms with E-state index in [2.05, 4.69) is 11.9 Å². The molecule has 2 N–H and O–H groups in total. The number of nitrogens with zero attached hydrogens (tertiary/aromatic N) is 2. The Hall–Kier alpha value is -0.940. The van der Waals surface area contributed by atoms with Crippen LogP contribution >= 0.6 is 11.3 Å². The zero-order chi connectivity index (χ0) is 11.0. The van der Waals surface area contributed by atoms with Crippen molar-refractivity contribution in [3.63, 3.8) is 0 Å². The van der Waals surface area contributed by atoms with Gasteiger partial charge in [-0.25, -0.2) is 4.98 Å². The Kier molecular flexibility index (Phi) is 2.75. The van der Waals surface area contributed by atoms with Crippen molar-refractivity contribution in [3.8, 4) is 0 Å². The molecule has 15 heavy (non-hydrogen) atoms. The van der Waals surface area contributed by atoms with Gasteiger partial charge in [-0.05, 0) is 12.8 Å². The van der Waals surface area contributed by atoms with Crippen LogP contribution in [-0.2, 0) is 0 Å². The van der Waals surface area contributed by atoms with E-state index in [4.69, 9.17) is 5.73 Å². The van der Waals surface area contributed by atoms with Crippen LogP contribution in [-0.4, -0.2) is 34.9 Å². The van der Waals surface area contributed by atoms with Gasteiger partial charge < -0.3 is 10.6 Å². The maximum Gasteiger partial charge on any atom is 0.265 e. The predicted molar refractivity (Wildman–Crippen MR) is 59.9 cm³/mol. The summed E-state index contributed by atoms with van der Waals surface area (Å²) in [5.41, 5.74) is 5.88. The van der Waals surface area contributed by atoms with Crippen LogP contribution in [0.5, 0.6) is 0 Å². The van der Waals surface area contributed by atoms with Crippen molar-refractivity contribution in [2.24, 2.45) is 11.7 Å². The van der Waals surface area contributed by atoms with Gasteiger partial charge in [-0.1, -0.05) is 6.92 Å². The van der Waals surface area contributed by atoms with Crippen LogP contribution in [0.4, 0.5) is 0 Å². The molecule has 0 aliphatic carbocycles. The summed E-state index contributed by atoms with van der Waals surface area (Å²) in [6.07, 6.45) is 1.65. The maximum atomic E-state index is 12.0. The van der Waals surface area contributed by atoms with Gasteiger partial charge in [0.05, 0.1) is 11.2 Å². The van der Waals surface area contributed by atoms with Crippen molar-refractivity contribution in [2.75, 3.05) is 13.1 Å². The number of likely N-dealkylation sites (tertiary alicyclic amines) is 1. The molecule has 0 saturated carbocycles. The molecule has 1 aliphatic rings. The summed E-state index contributed by atoms with van der Waals surface area (Å²) in [7, 11) is 0. The maximum absolute atomic E-state index is 12.0. The van der Waals surface area contributed by atoms with E-state index >= 15 is 0 Å². The number of carbonyl (C=O) groups is 1. The third-order valence-corrected chi connectivity index (χ3v) is 3.69. The molecule has 1 fully saturated rings. The lowest BCUT2D eigenvalue weighted by atomic mass is 10.1. The van der Waals surface area contributed by atoms with E-state index in [1.807, 2.05) is 11.8 Å². The lowest BCUT2D eigenvalue weighted by Crippen LogP contribution is -2.31. The van der Waals surface area contributed by atoms with Gasteiger partial charge in [-0.15, -0.1) is 11.3 Å². The highest BCUT2D eigenvalue weighted by Crippen LogP contribution is 2.20. The summed E-state index contributed by atoms with van der Waals surface area (Å²) in [6, 6.07) is 0.114. The molecule has 0 bridgehead atoms. The number of carbonyl (C=O) groups excluding carboxylic acids is 1. The van der Waals surface area contributed by atoms with E-state index in [9.17, 15) is 4.79 Å². The van der Waals surface area contributed by atoms with Crippen LogP contribution in [0, 0.1) is 12.8 Å². The summed E-state index contributed by atoms with van der Waals surface area (Å²) in [4.78, 5) is 18.6. The van der Waals surface area contributed by atoms with E-state index in [-0.39, 0.29) is 11.9 Å². The van der Waals surface area contributed by atoms with Crippen molar-refractivity contribution in [1.82, 2.24) is 9.88 Å². The van der Waals surface area contributed by atoms with Gasteiger partial charge >= 0.3 is 0 Å². The number of thiazole rings is 1. The van der Waals surface area contributed by atoms with Gasteiger partial charge in [-0.2, -0.15) is 0 Å². The summed E-state index contributed by atoms with van der Waals surface area (Å²) in [6.45, 7) is 5.41. The molecule has 1 aliphatic heterocycles. The Morgan fingerprint density at radius 1 is 1.67 bits per heavy atom. The number of rotatable bonds is 1. The summed E-state index contributed by atoms with van der Waals surface area (Å²) < 4.78 is 0. The molecule has 2 heterocycles. The fourth-order valence-corrected chi connectivity index (χ4v) is 2.52. The number of hydrogen-bond donors (Lipinski definition) is 1. The molecule has 1 aromatic rings. The summed E-state index contributed by atoms with van der Waals surface area (Å²) in [5.74, 6) is 0.461. The van der Waals surface area contributed by atoms with Crippen molar-refractivity contribution in [2.45, 2.75) is 19.9 Å². The lowest BCUT2D eigenvalue weighted by molar-refractivity contribution is 0.0791. The molecule has 1 saturated heterocycles. The molecule has 0 radical (unpaired) electrons. The van der Waals surface area contributed by atoms with E-state index in [1.165, 1.54) is 11.3 Å². The first-order valence-corrected chi connectivity index (χ1v) is 5.87. The molecule has 0 spiro atoms. The summed E-state index contributed by atoms with van der Waals surface area (Å²) in [5, 5.41) is 0.926. The average Bonchev–Trinajstić information content (AvgIpc) is 2.74. The predicted octanol–water partition coefficient (Wildman–Crippen LogP) is 0.871. The first-order chi connectivity index (χ1) is 7.08. The smallest absolute Gasteiger partial charge is 0.265 e. The molecule has 1 amide bonds. The second kappa shape index (κ2) is 3.90. The first-order valence-electron chi connectivity index (χ1n) is 5.05. The summed E-state index contributed by atoms with van der Waals surface area (Å²) >= 11 is 1.44. The standard InChI is InChI=1S/C10H15N3OS/c1-6-4-13(5-8(6)11)10(14)9-3-12-7(2)15-9/h3,6,8H,4-5,11H2,1-2H3. The van der Waals surface area contributed by atoms with Gasteiger partial charge in [0.1, 0.15) is 4.88 Å². The second-order valence-electron chi connectivity index (χ2n) is 4.09. The molecular formula is C10H15N3OS. The Balaban J connectivity index is 2.10. The first kappa shape index (κ1) is 10.6. The minimum Gasteiger partial charge on any atom is -0.336 e. The third-order valence-electron chi connectivity index (χ3n) is 2.79. The topological polar surface area (TPSA) is 59.2 Å². The number of hydrogen-bond acceptors (Lipinski definition) is 4. The van der Waals surface area contributed by atoms with Crippen molar-refractivity contribution in [1.29, 1.82) is 0 Å². The Morgan fingerprint density at radius 2 is 2.40 bits per heavy atom. The molecular weight excluding hydrogens is 210 g/mol. The minimum atomic E-state index is 0.0698. The number of aryl methyl sites for hydroxylation is 1. The van der Waals surface area contributed by atoms with Gasteiger partial charge in [0.15, 0.2) is 0 Å². The van der Waals surface area contributed by atoms with Gasteiger partial charge in [0, 0.05) is 19.1 Å². The van der Waals surface area contributed by atoms with Crippen molar-refractivity contribution < 1.29 is 4.79 Å². The monoisotopic (exact) mass is 225 g/mol. The zero-order valence-corrected chi connectivity index (χ0v) is 9.75. The second-order valence-corrected chi connectivity index (χ2v) is 5.33. The molecule has 2 atom stereocenters. The van der Waals surface area contributed by atoms with E-state index < -0.39 is 0 Å². The van der Waals surface area contributed by atoms with E-state index in [0.717, 1.165) is 11.6 Å². The number of amides is 1. The minimum absolute atomic E-state index is 0.0698. The van der Waals surface area contributed by atoms with Crippen molar-refractivity contribution >= 4 is 17.2 Å². The van der Waals surface area contributed by atoms with Crippen LogP contribution in [0.1, 0.15) is 21.6 Å². The van der Waals surface area contributed by atoms with E-state index in [0.29, 0.717) is 17.3 Å². The zero-order valence-electron chi connectivity index (χ0n) is 8.93. The third kappa shape index (κ3) is 2.03. The van der Waals surface area contributed by atoms with Gasteiger partial charge in [-0.3, -0.25) is 4.79 Å². The quantitative estimate of drug-likeness (QED) is 0.771. The van der Waals surface area contributed by atoms with Crippen LogP contribution < -0.4 is 5.73 Å². The Bertz CT molecular complexity index is 366. The largest absolute Gasteiger partial charge is 0.336 e. The van der Waals surface area contributed by atoms with E-state index in [1.54, 1.807) is 6.20 Å². The normalized spacial score (nSPS) is 25.9. The molecule has 82 valence electrons. The highest BCUT2D eigenvalue weighted by atomic mass is 32.1. The Morgan fingerprint density at radius 3 is 2.87 bits per heavy atom. The highest BCUT2D eigenvalue weighted by Gasteiger charge is 2.30. The number of aromatic nitrogens is 1. The SMILES string of the molecule is Cc1ncc(C(=O)N2CC(C)C(N)C2)s1. The fourth-order valence-electron chi connectivity index (χ4n) is 1.77. The molecule has 2 rings (SSSR count). The van der Waals surface area contributed by atoms with Crippen LogP contribution in [0.15, 0.2) is 6.20 Å². The van der Waals surface area contributed by atoms with Crippen LogP contribution in [0.25, 0.3) is 0 Å². The van der Waals surface area contributed by atoms with Crippen molar-refractivity contribution in [3.05, 3.63) is 16.1 Å². The molecule has 1 aromatic heterocycles. The van der Waals surface area contributed by atoms with Crippen LogP contribution in [0.3, 0.4) is 0 Å². The highest BCUT2D eigenvalue weighted by molar-refractivity contribution is 7.13. The van der Waals surface area contributed by atoms with Gasteiger partial charge in [0.25, 0.3) is 5.91 Å². The fraction of sp³-hybridized carbons (Fsp3) is 0.600. The molecule has 5 heteroatoms. The lowest BCUT2D eigenvalue weighted by Gasteiger charge is -2.13. The van der Waals surface area contributed by atoms with Gasteiger partial charge in [0.2, 0.25) is 0 Å². The van der Waals surface area contributed by atoms with Crippen LogP contribution in [0.2, 0.25) is 0 Å². The molecule has 4 nitrogen and oxygen atoms in total. The molecule has 2 unspecified atom stereocenters. The Labute approximate surface area is 93.1 Å². The average molecular weight is 225 g/mol.